The van der Waals surface area contributed by atoms with E-state index in [0.717, 1.165) is 16.8 Å². The van der Waals surface area contributed by atoms with E-state index in [4.69, 9.17) is 9.47 Å². The lowest BCUT2D eigenvalue weighted by Gasteiger charge is -2.20. The summed E-state index contributed by atoms with van der Waals surface area (Å²) in [4.78, 5) is 39.2. The Bertz CT molecular complexity index is 972. The number of nitrogens with one attached hydrogen (secondary N) is 1. The van der Waals surface area contributed by atoms with Gasteiger partial charge in [-0.15, -0.1) is 0 Å². The van der Waals surface area contributed by atoms with Gasteiger partial charge in [0.05, 0.1) is 18.7 Å². The molecule has 1 N–H and O–H groups in total. The van der Waals surface area contributed by atoms with Gasteiger partial charge in [0.25, 0.3) is 5.91 Å². The number of para-hydroxylation sites is 2. The number of hydrogen-bond donors (Lipinski definition) is 1. The molecule has 0 aromatic heterocycles. The van der Waals surface area contributed by atoms with Crippen molar-refractivity contribution in [1.82, 2.24) is 0 Å². The Hall–Kier alpha value is -3.35. The Morgan fingerprint density at radius 3 is 2.60 bits per heavy atom. The van der Waals surface area contributed by atoms with Crippen LogP contribution in [-0.2, 0) is 19.1 Å². The molecule has 0 radical (unpaired) electrons. The number of anilines is 2. The van der Waals surface area contributed by atoms with E-state index in [2.05, 4.69) is 5.32 Å². The standard InChI is InChI=1S/C23H26N2O5/c1-14-8-7-10-19(15(14)2)25-13-17(12-21(25)26)23(28)30-16(3)22(27)24-18-9-5-6-11-20(18)29-4/h5-11,16-17H,12-13H2,1-4H3,(H,24,27)/t16-,17-/m0/s1. The van der Waals surface area contributed by atoms with Gasteiger partial charge in [0.2, 0.25) is 5.91 Å². The normalized spacial score (nSPS) is 16.9. The highest BCUT2D eigenvalue weighted by Crippen LogP contribution is 2.30. The van der Waals surface area contributed by atoms with Crippen LogP contribution in [0.1, 0.15) is 24.5 Å². The van der Waals surface area contributed by atoms with Crippen LogP contribution >= 0.6 is 0 Å². The van der Waals surface area contributed by atoms with Crippen LogP contribution in [0.5, 0.6) is 5.75 Å². The topological polar surface area (TPSA) is 84.9 Å². The molecule has 1 aliphatic heterocycles. The third-order valence-electron chi connectivity index (χ3n) is 5.35. The molecule has 1 saturated heterocycles. The number of nitrogens with zero attached hydrogens (tertiary/aromatic N) is 1. The average Bonchev–Trinajstić information content (AvgIpc) is 3.12. The summed E-state index contributed by atoms with van der Waals surface area (Å²) in [5.41, 5.74) is 3.37. The first-order valence-electron chi connectivity index (χ1n) is 9.82. The first-order valence-corrected chi connectivity index (χ1v) is 9.82. The minimum absolute atomic E-state index is 0.0626. The van der Waals surface area contributed by atoms with Gasteiger partial charge in [-0.2, -0.15) is 0 Å². The molecule has 3 rings (SSSR count). The summed E-state index contributed by atoms with van der Waals surface area (Å²) < 4.78 is 10.6. The van der Waals surface area contributed by atoms with Crippen molar-refractivity contribution in [2.75, 3.05) is 23.9 Å². The molecule has 30 heavy (non-hydrogen) atoms. The lowest BCUT2D eigenvalue weighted by atomic mass is 10.1. The first-order chi connectivity index (χ1) is 14.3. The number of amides is 2. The van der Waals surface area contributed by atoms with Gasteiger partial charge in [-0.3, -0.25) is 14.4 Å². The Morgan fingerprint density at radius 1 is 1.13 bits per heavy atom. The molecule has 7 nitrogen and oxygen atoms in total. The van der Waals surface area contributed by atoms with Crippen LogP contribution in [0, 0.1) is 19.8 Å². The zero-order valence-corrected chi connectivity index (χ0v) is 17.6. The van der Waals surface area contributed by atoms with Crippen LogP contribution < -0.4 is 15.0 Å². The second-order valence-corrected chi connectivity index (χ2v) is 7.39. The van der Waals surface area contributed by atoms with E-state index in [1.165, 1.54) is 14.0 Å². The molecule has 1 heterocycles. The maximum absolute atomic E-state index is 12.6. The highest BCUT2D eigenvalue weighted by atomic mass is 16.5. The van der Waals surface area contributed by atoms with Crippen molar-refractivity contribution >= 4 is 29.2 Å². The number of hydrogen-bond acceptors (Lipinski definition) is 5. The summed E-state index contributed by atoms with van der Waals surface area (Å²) in [5, 5.41) is 2.70. The molecule has 0 bridgehead atoms. The van der Waals surface area contributed by atoms with Gasteiger partial charge < -0.3 is 19.7 Å². The number of rotatable bonds is 6. The molecule has 0 spiro atoms. The van der Waals surface area contributed by atoms with Crippen molar-refractivity contribution in [3.63, 3.8) is 0 Å². The van der Waals surface area contributed by atoms with Gasteiger partial charge in [0.15, 0.2) is 6.10 Å². The van der Waals surface area contributed by atoms with Crippen LogP contribution in [0.15, 0.2) is 42.5 Å². The predicted molar refractivity (Wildman–Crippen MR) is 114 cm³/mol. The Balaban J connectivity index is 1.62. The van der Waals surface area contributed by atoms with Gasteiger partial charge >= 0.3 is 5.97 Å². The third-order valence-corrected chi connectivity index (χ3v) is 5.35. The average molecular weight is 410 g/mol. The maximum Gasteiger partial charge on any atom is 0.312 e. The molecule has 1 aliphatic rings. The quantitative estimate of drug-likeness (QED) is 0.739. The molecule has 0 aliphatic carbocycles. The number of carbonyl (C=O) groups is 3. The highest BCUT2D eigenvalue weighted by molar-refractivity contribution is 6.01. The molecule has 0 unspecified atom stereocenters. The highest BCUT2D eigenvalue weighted by Gasteiger charge is 2.38. The van der Waals surface area contributed by atoms with E-state index < -0.39 is 23.9 Å². The van der Waals surface area contributed by atoms with Crippen LogP contribution in [0.2, 0.25) is 0 Å². The van der Waals surface area contributed by atoms with E-state index in [1.807, 2.05) is 32.0 Å². The summed E-state index contributed by atoms with van der Waals surface area (Å²) in [7, 11) is 1.51. The van der Waals surface area contributed by atoms with Gasteiger partial charge in [-0.1, -0.05) is 24.3 Å². The number of esters is 1. The summed E-state index contributed by atoms with van der Waals surface area (Å²) in [5.74, 6) is -1.26. The summed E-state index contributed by atoms with van der Waals surface area (Å²) in [6, 6.07) is 12.7. The molecule has 7 heteroatoms. The minimum atomic E-state index is -1.01. The number of carbonyl (C=O) groups excluding carboxylic acids is 3. The zero-order chi connectivity index (χ0) is 21.8. The molecule has 2 atom stereocenters. The second kappa shape index (κ2) is 8.98. The molecule has 2 aromatic carbocycles. The lowest BCUT2D eigenvalue weighted by molar-refractivity contribution is -0.157. The van der Waals surface area contributed by atoms with Gasteiger partial charge in [0.1, 0.15) is 5.75 Å². The summed E-state index contributed by atoms with van der Waals surface area (Å²) in [6.45, 7) is 5.67. The number of benzene rings is 2. The number of aryl methyl sites for hydroxylation is 1. The SMILES string of the molecule is COc1ccccc1NC(=O)[C@H](C)OC(=O)[C@H]1CC(=O)N(c2cccc(C)c2C)C1. The molecular formula is C23H26N2O5. The fourth-order valence-corrected chi connectivity index (χ4v) is 3.43. The zero-order valence-electron chi connectivity index (χ0n) is 17.6. The van der Waals surface area contributed by atoms with Crippen LogP contribution in [0.25, 0.3) is 0 Å². The van der Waals surface area contributed by atoms with Crippen molar-refractivity contribution < 1.29 is 23.9 Å². The van der Waals surface area contributed by atoms with Gasteiger partial charge in [-0.25, -0.2) is 0 Å². The number of ether oxygens (including phenoxy) is 2. The monoisotopic (exact) mass is 410 g/mol. The third kappa shape index (κ3) is 4.45. The lowest BCUT2D eigenvalue weighted by Crippen LogP contribution is -2.33. The van der Waals surface area contributed by atoms with Gasteiger partial charge in [-0.05, 0) is 50.1 Å². The van der Waals surface area contributed by atoms with Crippen molar-refractivity contribution in [2.45, 2.75) is 33.3 Å². The summed E-state index contributed by atoms with van der Waals surface area (Å²) >= 11 is 0. The Morgan fingerprint density at radius 2 is 1.87 bits per heavy atom. The van der Waals surface area contributed by atoms with E-state index in [-0.39, 0.29) is 18.9 Å². The predicted octanol–water partition coefficient (Wildman–Crippen LogP) is 3.24. The Kier molecular flexibility index (Phi) is 6.40. The van der Waals surface area contributed by atoms with Gasteiger partial charge in [0, 0.05) is 18.7 Å². The van der Waals surface area contributed by atoms with Crippen LogP contribution in [0.3, 0.4) is 0 Å². The molecular weight excluding hydrogens is 384 g/mol. The second-order valence-electron chi connectivity index (χ2n) is 7.39. The van der Waals surface area contributed by atoms with E-state index in [0.29, 0.717) is 11.4 Å². The summed E-state index contributed by atoms with van der Waals surface area (Å²) in [6.07, 6.45) is -0.945. The molecule has 2 amide bonds. The van der Waals surface area contributed by atoms with Crippen molar-refractivity contribution in [3.05, 3.63) is 53.6 Å². The Labute approximate surface area is 176 Å². The van der Waals surface area contributed by atoms with Crippen molar-refractivity contribution in [3.8, 4) is 5.75 Å². The molecule has 2 aromatic rings. The minimum Gasteiger partial charge on any atom is -0.495 e. The fraction of sp³-hybridized carbons (Fsp3) is 0.348. The molecule has 1 fully saturated rings. The smallest absolute Gasteiger partial charge is 0.312 e. The fourth-order valence-electron chi connectivity index (χ4n) is 3.43. The first kappa shape index (κ1) is 21.4. The van der Waals surface area contributed by atoms with E-state index in [1.54, 1.807) is 29.2 Å². The van der Waals surface area contributed by atoms with Crippen molar-refractivity contribution in [2.24, 2.45) is 5.92 Å². The largest absolute Gasteiger partial charge is 0.495 e. The maximum atomic E-state index is 12.6. The van der Waals surface area contributed by atoms with E-state index >= 15 is 0 Å². The molecule has 0 saturated carbocycles. The van der Waals surface area contributed by atoms with E-state index in [9.17, 15) is 14.4 Å². The molecule has 158 valence electrons. The van der Waals surface area contributed by atoms with Crippen LogP contribution in [-0.4, -0.2) is 37.5 Å². The van der Waals surface area contributed by atoms with Crippen molar-refractivity contribution in [1.29, 1.82) is 0 Å². The number of methoxy groups -OCH3 is 1. The van der Waals surface area contributed by atoms with Crippen LogP contribution in [0.4, 0.5) is 11.4 Å².